The molecule has 0 amide bonds. The molecule has 4 rings (SSSR count). The molecule has 0 saturated heterocycles. The third kappa shape index (κ3) is 2.30. The van der Waals surface area contributed by atoms with Gasteiger partial charge in [0.05, 0.1) is 7.11 Å². The van der Waals surface area contributed by atoms with Gasteiger partial charge in [0.2, 0.25) is 0 Å². The molecule has 0 radical (unpaired) electrons. The second kappa shape index (κ2) is 5.22. The van der Waals surface area contributed by atoms with Crippen LogP contribution in [0.15, 0.2) is 35.8 Å². The van der Waals surface area contributed by atoms with E-state index in [1.165, 1.54) is 11.1 Å². The second-order valence-corrected chi connectivity index (χ2v) is 6.04. The Morgan fingerprint density at radius 3 is 2.74 bits per heavy atom. The van der Waals surface area contributed by atoms with Crippen LogP contribution in [0.3, 0.4) is 0 Å². The number of aliphatic imine (C=N–C) groups is 1. The Labute approximate surface area is 134 Å². The first kappa shape index (κ1) is 14.0. The van der Waals surface area contributed by atoms with E-state index in [2.05, 4.69) is 21.0 Å². The number of rotatable bonds is 2. The fourth-order valence-electron chi connectivity index (χ4n) is 3.55. The van der Waals surface area contributed by atoms with Gasteiger partial charge in [0.25, 0.3) is 6.02 Å². The number of fused-ring (bicyclic) bond motifs is 1. The predicted octanol–water partition coefficient (Wildman–Crippen LogP) is 1.72. The van der Waals surface area contributed by atoms with Crippen LogP contribution in [0.4, 0.5) is 0 Å². The van der Waals surface area contributed by atoms with Crippen molar-refractivity contribution in [3.8, 4) is 16.9 Å². The van der Waals surface area contributed by atoms with E-state index >= 15 is 0 Å². The van der Waals surface area contributed by atoms with Gasteiger partial charge in [-0.25, -0.2) is 15.0 Å². The lowest BCUT2D eigenvalue weighted by atomic mass is 9.76. The molecule has 1 aromatic heterocycles. The molecular formula is C17H18N4O2. The molecule has 0 unspecified atom stereocenters. The van der Waals surface area contributed by atoms with E-state index < -0.39 is 0 Å². The normalized spacial score (nSPS) is 22.4. The van der Waals surface area contributed by atoms with Crippen LogP contribution in [0.1, 0.15) is 17.5 Å². The number of hydrogen-bond acceptors (Lipinski definition) is 6. The lowest BCUT2D eigenvalue weighted by Crippen LogP contribution is -2.36. The molecule has 1 atom stereocenters. The third-order valence-electron chi connectivity index (χ3n) is 4.66. The lowest BCUT2D eigenvalue weighted by Gasteiger charge is -2.32. The number of amidine groups is 1. The van der Waals surface area contributed by atoms with Crippen LogP contribution in [0.25, 0.3) is 11.1 Å². The SMILES string of the molecule is COc1ccc(-c2cncnc2)c2c1C[C@@]1(CC2)COC(N)=N1. The van der Waals surface area contributed by atoms with Crippen molar-refractivity contribution in [2.24, 2.45) is 10.7 Å². The van der Waals surface area contributed by atoms with Crippen LogP contribution in [0.5, 0.6) is 5.75 Å². The summed E-state index contributed by atoms with van der Waals surface area (Å²) >= 11 is 0. The Kier molecular flexibility index (Phi) is 3.18. The second-order valence-electron chi connectivity index (χ2n) is 6.04. The van der Waals surface area contributed by atoms with Gasteiger partial charge >= 0.3 is 0 Å². The molecule has 0 fully saturated rings. The van der Waals surface area contributed by atoms with Crippen LogP contribution < -0.4 is 10.5 Å². The molecule has 6 heteroatoms. The van der Waals surface area contributed by atoms with Crippen LogP contribution >= 0.6 is 0 Å². The van der Waals surface area contributed by atoms with E-state index in [0.29, 0.717) is 12.6 Å². The van der Waals surface area contributed by atoms with Gasteiger partial charge in [-0.3, -0.25) is 0 Å². The topological polar surface area (TPSA) is 82.6 Å². The van der Waals surface area contributed by atoms with E-state index in [1.54, 1.807) is 13.4 Å². The molecule has 2 aliphatic rings. The summed E-state index contributed by atoms with van der Waals surface area (Å²) in [5.74, 6) is 0.889. The smallest absolute Gasteiger partial charge is 0.282 e. The van der Waals surface area contributed by atoms with Gasteiger partial charge in [-0.2, -0.15) is 0 Å². The van der Waals surface area contributed by atoms with Crippen molar-refractivity contribution < 1.29 is 9.47 Å². The largest absolute Gasteiger partial charge is 0.496 e. The number of nitrogens with two attached hydrogens (primary N) is 1. The molecule has 1 spiro atoms. The average molecular weight is 310 g/mol. The third-order valence-corrected chi connectivity index (χ3v) is 4.66. The highest BCUT2D eigenvalue weighted by Crippen LogP contribution is 2.42. The molecule has 0 bridgehead atoms. The molecular weight excluding hydrogens is 292 g/mol. The van der Waals surface area contributed by atoms with Gasteiger partial charge in [-0.15, -0.1) is 0 Å². The van der Waals surface area contributed by atoms with Crippen molar-refractivity contribution in [3.63, 3.8) is 0 Å². The molecule has 118 valence electrons. The van der Waals surface area contributed by atoms with Crippen molar-refractivity contribution in [1.29, 1.82) is 0 Å². The van der Waals surface area contributed by atoms with Crippen molar-refractivity contribution in [3.05, 3.63) is 42.0 Å². The zero-order valence-electron chi connectivity index (χ0n) is 13.0. The standard InChI is InChI=1S/C17H18N4O2/c1-22-15-3-2-12(11-7-19-10-20-8-11)13-4-5-17(6-14(13)15)9-23-16(18)21-17/h2-3,7-8,10H,4-6,9H2,1H3,(H2,18,21)/t17-/m0/s1. The molecule has 6 nitrogen and oxygen atoms in total. The molecule has 2 heterocycles. The maximum Gasteiger partial charge on any atom is 0.282 e. The number of hydrogen-bond donors (Lipinski definition) is 1. The summed E-state index contributed by atoms with van der Waals surface area (Å²) < 4.78 is 11.0. The van der Waals surface area contributed by atoms with E-state index in [-0.39, 0.29) is 5.54 Å². The number of aromatic nitrogens is 2. The Balaban J connectivity index is 1.82. The van der Waals surface area contributed by atoms with Crippen LogP contribution in [-0.2, 0) is 17.6 Å². The first-order chi connectivity index (χ1) is 11.2. The summed E-state index contributed by atoms with van der Waals surface area (Å²) in [6.45, 7) is 0.542. The fourth-order valence-corrected chi connectivity index (χ4v) is 3.55. The highest BCUT2D eigenvalue weighted by Gasteiger charge is 2.41. The minimum absolute atomic E-state index is 0.254. The molecule has 2 aromatic rings. The molecule has 1 aromatic carbocycles. The zero-order valence-corrected chi connectivity index (χ0v) is 13.0. The van der Waals surface area contributed by atoms with E-state index in [0.717, 1.165) is 36.1 Å². The van der Waals surface area contributed by atoms with Crippen LogP contribution in [0, 0.1) is 0 Å². The number of methoxy groups -OCH3 is 1. The fraction of sp³-hybridized carbons (Fsp3) is 0.353. The lowest BCUT2D eigenvalue weighted by molar-refractivity contribution is 0.233. The maximum absolute atomic E-state index is 5.73. The van der Waals surface area contributed by atoms with E-state index in [4.69, 9.17) is 15.2 Å². The number of ether oxygens (including phenoxy) is 2. The molecule has 0 saturated carbocycles. The van der Waals surface area contributed by atoms with Crippen LogP contribution in [0.2, 0.25) is 0 Å². The highest BCUT2D eigenvalue weighted by molar-refractivity contribution is 5.75. The highest BCUT2D eigenvalue weighted by atomic mass is 16.5. The molecule has 23 heavy (non-hydrogen) atoms. The molecule has 1 aliphatic heterocycles. The average Bonchev–Trinajstić information content (AvgIpc) is 2.94. The van der Waals surface area contributed by atoms with Gasteiger partial charge in [0.15, 0.2) is 0 Å². The first-order valence-corrected chi connectivity index (χ1v) is 7.63. The van der Waals surface area contributed by atoms with Crippen molar-refractivity contribution in [2.45, 2.75) is 24.8 Å². The summed E-state index contributed by atoms with van der Waals surface area (Å²) in [7, 11) is 1.70. The quantitative estimate of drug-likeness (QED) is 0.913. The molecule has 1 aliphatic carbocycles. The van der Waals surface area contributed by atoms with Crippen molar-refractivity contribution in [1.82, 2.24) is 9.97 Å². The Bertz CT molecular complexity index is 776. The van der Waals surface area contributed by atoms with Crippen molar-refractivity contribution >= 4 is 6.02 Å². The monoisotopic (exact) mass is 310 g/mol. The Morgan fingerprint density at radius 1 is 1.22 bits per heavy atom. The van der Waals surface area contributed by atoms with Gasteiger partial charge in [0.1, 0.15) is 24.2 Å². The maximum atomic E-state index is 5.73. The van der Waals surface area contributed by atoms with Gasteiger partial charge in [-0.1, -0.05) is 6.07 Å². The summed E-state index contributed by atoms with van der Waals surface area (Å²) in [6.07, 6.45) is 7.81. The van der Waals surface area contributed by atoms with E-state index in [1.807, 2.05) is 18.5 Å². The van der Waals surface area contributed by atoms with E-state index in [9.17, 15) is 0 Å². The van der Waals surface area contributed by atoms with Gasteiger partial charge in [-0.05, 0) is 30.0 Å². The van der Waals surface area contributed by atoms with Gasteiger partial charge < -0.3 is 15.2 Å². The Morgan fingerprint density at radius 2 is 2.04 bits per heavy atom. The van der Waals surface area contributed by atoms with Gasteiger partial charge in [0, 0.05) is 29.9 Å². The minimum Gasteiger partial charge on any atom is -0.496 e. The van der Waals surface area contributed by atoms with Crippen molar-refractivity contribution in [2.75, 3.05) is 13.7 Å². The minimum atomic E-state index is -0.254. The number of nitrogens with zero attached hydrogens (tertiary/aromatic N) is 3. The first-order valence-electron chi connectivity index (χ1n) is 7.63. The summed E-state index contributed by atoms with van der Waals surface area (Å²) in [5.41, 5.74) is 10.1. The molecule has 2 N–H and O–H groups in total. The Hall–Kier alpha value is -2.63. The summed E-state index contributed by atoms with van der Waals surface area (Å²) in [6, 6.07) is 4.38. The number of benzene rings is 1. The summed E-state index contributed by atoms with van der Waals surface area (Å²) in [5, 5.41) is 0. The zero-order chi connectivity index (χ0) is 15.9. The van der Waals surface area contributed by atoms with Crippen LogP contribution in [-0.4, -0.2) is 35.2 Å². The summed E-state index contributed by atoms with van der Waals surface area (Å²) in [4.78, 5) is 12.8. The predicted molar refractivity (Wildman–Crippen MR) is 86.4 cm³/mol.